The predicted octanol–water partition coefficient (Wildman–Crippen LogP) is 1.55. The summed E-state index contributed by atoms with van der Waals surface area (Å²) in [7, 11) is 0. The molecule has 2 aliphatic rings. The van der Waals surface area contributed by atoms with Crippen LogP contribution in [0.4, 0.5) is 0 Å². The summed E-state index contributed by atoms with van der Waals surface area (Å²) in [5.74, 6) is -0.663. The molecular weight excluding hydrogens is 214 g/mol. The summed E-state index contributed by atoms with van der Waals surface area (Å²) < 4.78 is 0. The Morgan fingerprint density at radius 2 is 1.94 bits per heavy atom. The molecule has 1 saturated heterocycles. The van der Waals surface area contributed by atoms with Crippen molar-refractivity contribution in [2.24, 2.45) is 5.92 Å². The molecule has 3 heteroatoms. The smallest absolute Gasteiger partial charge is 0.238 e. The van der Waals surface area contributed by atoms with Crippen LogP contribution in [0.5, 0.6) is 0 Å². The molecule has 3 nitrogen and oxygen atoms in total. The van der Waals surface area contributed by atoms with Gasteiger partial charge >= 0.3 is 0 Å². The van der Waals surface area contributed by atoms with E-state index in [1.54, 1.807) is 0 Å². The van der Waals surface area contributed by atoms with E-state index in [1.165, 1.54) is 0 Å². The van der Waals surface area contributed by atoms with Gasteiger partial charge in [0.1, 0.15) is 0 Å². The topological polar surface area (TPSA) is 46.2 Å². The van der Waals surface area contributed by atoms with E-state index in [4.69, 9.17) is 0 Å². The highest BCUT2D eigenvalue weighted by molar-refractivity contribution is 6.11. The summed E-state index contributed by atoms with van der Waals surface area (Å²) in [5.41, 5.74) is 0.269. The standard InChI is InChI=1S/C14H13NO2/c16-12-11-8-4-5-9-14(11,13(17)15-12)10-6-2-1-3-7-10/h1-4,6-8,11H,5,9H2,(H,15,16,17). The third-order valence-electron chi connectivity index (χ3n) is 3.78. The number of nitrogens with one attached hydrogen (secondary N) is 1. The number of imide groups is 1. The van der Waals surface area contributed by atoms with Crippen LogP contribution in [0.15, 0.2) is 42.5 Å². The summed E-state index contributed by atoms with van der Waals surface area (Å²) in [6.07, 6.45) is 5.41. The van der Waals surface area contributed by atoms with Gasteiger partial charge < -0.3 is 0 Å². The highest BCUT2D eigenvalue weighted by atomic mass is 16.2. The summed E-state index contributed by atoms with van der Waals surface area (Å²) in [5, 5.41) is 2.47. The summed E-state index contributed by atoms with van der Waals surface area (Å²) in [6.45, 7) is 0. The minimum atomic E-state index is -0.674. The van der Waals surface area contributed by atoms with E-state index in [-0.39, 0.29) is 17.7 Å². The molecule has 17 heavy (non-hydrogen) atoms. The Balaban J connectivity index is 2.18. The minimum Gasteiger partial charge on any atom is -0.295 e. The van der Waals surface area contributed by atoms with E-state index in [0.717, 1.165) is 12.0 Å². The molecule has 2 unspecified atom stereocenters. The molecule has 3 rings (SSSR count). The van der Waals surface area contributed by atoms with Gasteiger partial charge in [-0.3, -0.25) is 14.9 Å². The molecule has 0 radical (unpaired) electrons. The number of benzene rings is 1. The van der Waals surface area contributed by atoms with Crippen LogP contribution in [0.1, 0.15) is 18.4 Å². The van der Waals surface area contributed by atoms with Gasteiger partial charge in [-0.2, -0.15) is 0 Å². The molecule has 2 amide bonds. The molecule has 1 aromatic rings. The lowest BCUT2D eigenvalue weighted by Crippen LogP contribution is -2.40. The molecule has 1 aliphatic heterocycles. The Kier molecular flexibility index (Phi) is 2.15. The monoisotopic (exact) mass is 227 g/mol. The Bertz CT molecular complexity index is 506. The van der Waals surface area contributed by atoms with Gasteiger partial charge in [0.15, 0.2) is 0 Å². The number of hydrogen-bond donors (Lipinski definition) is 1. The normalized spacial score (nSPS) is 31.2. The maximum absolute atomic E-state index is 12.2. The van der Waals surface area contributed by atoms with Gasteiger partial charge in [-0.25, -0.2) is 0 Å². The lowest BCUT2D eigenvalue weighted by molar-refractivity contribution is -0.126. The van der Waals surface area contributed by atoms with Crippen molar-refractivity contribution in [1.82, 2.24) is 5.32 Å². The Morgan fingerprint density at radius 3 is 2.71 bits per heavy atom. The molecular formula is C14H13NO2. The molecule has 1 aliphatic carbocycles. The van der Waals surface area contributed by atoms with Gasteiger partial charge in [0, 0.05) is 0 Å². The zero-order valence-corrected chi connectivity index (χ0v) is 9.35. The minimum absolute atomic E-state index is 0.150. The van der Waals surface area contributed by atoms with Crippen LogP contribution in [0, 0.1) is 5.92 Å². The first-order chi connectivity index (χ1) is 8.25. The van der Waals surface area contributed by atoms with Gasteiger partial charge in [-0.1, -0.05) is 42.5 Å². The fourth-order valence-corrected chi connectivity index (χ4v) is 2.92. The molecule has 0 bridgehead atoms. The van der Waals surface area contributed by atoms with Gasteiger partial charge in [0.25, 0.3) is 0 Å². The van der Waals surface area contributed by atoms with Crippen molar-refractivity contribution >= 4 is 11.8 Å². The van der Waals surface area contributed by atoms with Crippen molar-refractivity contribution in [1.29, 1.82) is 0 Å². The van der Waals surface area contributed by atoms with E-state index >= 15 is 0 Å². The second-order valence-corrected chi connectivity index (χ2v) is 4.60. The maximum Gasteiger partial charge on any atom is 0.238 e. The quantitative estimate of drug-likeness (QED) is 0.584. The van der Waals surface area contributed by atoms with Crippen molar-refractivity contribution in [3.05, 3.63) is 48.0 Å². The van der Waals surface area contributed by atoms with E-state index in [1.807, 2.05) is 42.5 Å². The van der Waals surface area contributed by atoms with E-state index in [2.05, 4.69) is 5.32 Å². The second kappa shape index (κ2) is 3.55. The molecule has 2 atom stereocenters. The number of allylic oxidation sites excluding steroid dienone is 1. The van der Waals surface area contributed by atoms with Gasteiger partial charge in [0.2, 0.25) is 11.8 Å². The lowest BCUT2D eigenvalue weighted by Gasteiger charge is -2.32. The number of amides is 2. The fraction of sp³-hybridized carbons (Fsp3) is 0.286. The highest BCUT2D eigenvalue weighted by Gasteiger charge is 2.55. The second-order valence-electron chi connectivity index (χ2n) is 4.60. The van der Waals surface area contributed by atoms with E-state index < -0.39 is 5.41 Å². The van der Waals surface area contributed by atoms with Crippen LogP contribution >= 0.6 is 0 Å². The van der Waals surface area contributed by atoms with Crippen LogP contribution in [0.25, 0.3) is 0 Å². The van der Waals surface area contributed by atoms with Crippen LogP contribution in [-0.2, 0) is 15.0 Å². The van der Waals surface area contributed by atoms with Crippen LogP contribution in [0.2, 0.25) is 0 Å². The molecule has 0 spiro atoms. The third-order valence-corrected chi connectivity index (χ3v) is 3.78. The Morgan fingerprint density at radius 1 is 1.18 bits per heavy atom. The summed E-state index contributed by atoms with van der Waals surface area (Å²) >= 11 is 0. The fourth-order valence-electron chi connectivity index (χ4n) is 2.92. The van der Waals surface area contributed by atoms with Crippen LogP contribution in [-0.4, -0.2) is 11.8 Å². The van der Waals surface area contributed by atoms with Gasteiger partial charge in [0.05, 0.1) is 11.3 Å². The van der Waals surface area contributed by atoms with Crippen molar-refractivity contribution in [3.8, 4) is 0 Å². The number of carbonyl (C=O) groups excluding carboxylic acids is 2. The van der Waals surface area contributed by atoms with Gasteiger partial charge in [-0.15, -0.1) is 0 Å². The average molecular weight is 227 g/mol. The first kappa shape index (κ1) is 10.3. The van der Waals surface area contributed by atoms with Crippen LogP contribution < -0.4 is 5.32 Å². The first-order valence-electron chi connectivity index (χ1n) is 5.82. The third kappa shape index (κ3) is 1.28. The largest absolute Gasteiger partial charge is 0.295 e. The molecule has 1 aromatic carbocycles. The van der Waals surface area contributed by atoms with Crippen molar-refractivity contribution in [3.63, 3.8) is 0 Å². The first-order valence-corrected chi connectivity index (χ1v) is 5.82. The van der Waals surface area contributed by atoms with Crippen molar-refractivity contribution in [2.45, 2.75) is 18.3 Å². The summed E-state index contributed by atoms with van der Waals surface area (Å²) in [6, 6.07) is 9.61. The molecule has 0 saturated carbocycles. The predicted molar refractivity (Wildman–Crippen MR) is 63.1 cm³/mol. The van der Waals surface area contributed by atoms with Crippen molar-refractivity contribution < 1.29 is 9.59 Å². The number of rotatable bonds is 1. The molecule has 0 aromatic heterocycles. The van der Waals surface area contributed by atoms with Crippen LogP contribution in [0.3, 0.4) is 0 Å². The lowest BCUT2D eigenvalue weighted by atomic mass is 9.66. The average Bonchev–Trinajstić information content (AvgIpc) is 2.64. The number of fused-ring (bicyclic) bond motifs is 1. The van der Waals surface area contributed by atoms with E-state index in [0.29, 0.717) is 6.42 Å². The van der Waals surface area contributed by atoms with Gasteiger partial charge in [-0.05, 0) is 18.4 Å². The molecule has 1 heterocycles. The Labute approximate surface area is 99.5 Å². The SMILES string of the molecule is O=C1NC(=O)C2(c3ccccc3)CCC=CC12. The summed E-state index contributed by atoms with van der Waals surface area (Å²) in [4.78, 5) is 24.0. The number of carbonyl (C=O) groups is 2. The van der Waals surface area contributed by atoms with Crippen molar-refractivity contribution in [2.75, 3.05) is 0 Å². The molecule has 1 N–H and O–H groups in total. The zero-order valence-electron chi connectivity index (χ0n) is 9.35. The Hall–Kier alpha value is -1.90. The maximum atomic E-state index is 12.2. The van der Waals surface area contributed by atoms with E-state index in [9.17, 15) is 9.59 Å². The molecule has 1 fully saturated rings. The highest BCUT2D eigenvalue weighted by Crippen LogP contribution is 2.44. The number of hydrogen-bond acceptors (Lipinski definition) is 2. The zero-order chi connectivity index (χ0) is 11.9. The molecule has 86 valence electrons.